The number of halogens is 3. The van der Waals surface area contributed by atoms with Gasteiger partial charge in [-0.25, -0.2) is 9.78 Å². The Balaban J connectivity index is 1.52. The largest absolute Gasteiger partial charge is 0.452 e. The molecule has 0 saturated carbocycles. The van der Waals surface area contributed by atoms with E-state index in [1.807, 2.05) is 30.3 Å². The SMILES string of the molecule is O=C(COC(=O)c1cccnc1Nc1cccc(C(F)(F)F)c1)NCCCc1ccccc1. The van der Waals surface area contributed by atoms with E-state index in [9.17, 15) is 22.8 Å². The van der Waals surface area contributed by atoms with Gasteiger partial charge in [-0.1, -0.05) is 36.4 Å². The second kappa shape index (κ2) is 11.1. The standard InChI is InChI=1S/C24H22F3N3O3/c25-24(26,27)18-10-4-11-19(15-18)30-22-20(12-6-14-29-22)23(32)33-16-21(31)28-13-5-9-17-7-2-1-3-8-17/h1-4,6-8,10-12,14-15H,5,9,13,16H2,(H,28,31)(H,29,30). The van der Waals surface area contributed by atoms with E-state index < -0.39 is 30.2 Å². The van der Waals surface area contributed by atoms with E-state index in [0.29, 0.717) is 6.54 Å². The predicted molar refractivity (Wildman–Crippen MR) is 117 cm³/mol. The Morgan fingerprint density at radius 1 is 0.970 bits per heavy atom. The number of ether oxygens (including phenoxy) is 1. The van der Waals surface area contributed by atoms with Crippen LogP contribution in [0, 0.1) is 0 Å². The second-order valence-corrected chi connectivity index (χ2v) is 7.12. The first kappa shape index (κ1) is 23.8. The number of anilines is 2. The molecule has 0 aliphatic heterocycles. The van der Waals surface area contributed by atoms with Crippen LogP contribution in [-0.2, 0) is 22.1 Å². The zero-order valence-electron chi connectivity index (χ0n) is 17.6. The summed E-state index contributed by atoms with van der Waals surface area (Å²) in [7, 11) is 0. The number of pyridine rings is 1. The number of carbonyl (C=O) groups excluding carboxylic acids is 2. The fourth-order valence-corrected chi connectivity index (χ4v) is 3.00. The third-order valence-corrected chi connectivity index (χ3v) is 4.62. The molecule has 1 aromatic heterocycles. The molecule has 172 valence electrons. The fraction of sp³-hybridized carbons (Fsp3) is 0.208. The molecule has 3 rings (SSSR count). The van der Waals surface area contributed by atoms with Gasteiger partial charge >= 0.3 is 12.1 Å². The summed E-state index contributed by atoms with van der Waals surface area (Å²) in [6.07, 6.45) is -1.58. The van der Waals surface area contributed by atoms with Crippen LogP contribution >= 0.6 is 0 Å². The first-order valence-corrected chi connectivity index (χ1v) is 10.2. The third-order valence-electron chi connectivity index (χ3n) is 4.62. The van der Waals surface area contributed by atoms with Crippen LogP contribution in [0.15, 0.2) is 72.9 Å². The van der Waals surface area contributed by atoms with Crippen molar-refractivity contribution in [1.29, 1.82) is 0 Å². The number of aromatic nitrogens is 1. The molecule has 1 heterocycles. The zero-order valence-corrected chi connectivity index (χ0v) is 17.6. The molecule has 2 aromatic carbocycles. The summed E-state index contributed by atoms with van der Waals surface area (Å²) in [5.41, 5.74) is 0.424. The minimum atomic E-state index is -4.50. The second-order valence-electron chi connectivity index (χ2n) is 7.12. The highest BCUT2D eigenvalue weighted by Crippen LogP contribution is 2.31. The Morgan fingerprint density at radius 2 is 1.76 bits per heavy atom. The molecular weight excluding hydrogens is 435 g/mol. The Morgan fingerprint density at radius 3 is 2.52 bits per heavy atom. The predicted octanol–water partition coefficient (Wildman–Crippen LogP) is 4.75. The number of rotatable bonds is 9. The summed E-state index contributed by atoms with van der Waals surface area (Å²) in [4.78, 5) is 28.4. The molecule has 0 bridgehead atoms. The minimum absolute atomic E-state index is 0.00760. The number of hydrogen-bond donors (Lipinski definition) is 2. The molecule has 6 nitrogen and oxygen atoms in total. The third kappa shape index (κ3) is 7.34. The lowest BCUT2D eigenvalue weighted by Crippen LogP contribution is -2.30. The fourth-order valence-electron chi connectivity index (χ4n) is 3.00. The number of nitrogens with zero attached hydrogens (tertiary/aromatic N) is 1. The monoisotopic (exact) mass is 457 g/mol. The van der Waals surface area contributed by atoms with Crippen LogP contribution in [0.2, 0.25) is 0 Å². The first-order chi connectivity index (χ1) is 15.8. The number of aryl methyl sites for hydroxylation is 1. The van der Waals surface area contributed by atoms with Gasteiger partial charge in [-0.05, 0) is 48.7 Å². The summed E-state index contributed by atoms with van der Waals surface area (Å²) >= 11 is 0. The average molecular weight is 457 g/mol. The van der Waals surface area contributed by atoms with Crippen LogP contribution < -0.4 is 10.6 Å². The molecule has 0 spiro atoms. The van der Waals surface area contributed by atoms with Crippen LogP contribution in [0.25, 0.3) is 0 Å². The Hall–Kier alpha value is -3.88. The van der Waals surface area contributed by atoms with Crippen molar-refractivity contribution in [3.63, 3.8) is 0 Å². The van der Waals surface area contributed by atoms with Crippen molar-refractivity contribution in [2.75, 3.05) is 18.5 Å². The van der Waals surface area contributed by atoms with Crippen molar-refractivity contribution in [3.05, 3.63) is 89.6 Å². The molecular formula is C24H22F3N3O3. The maximum absolute atomic E-state index is 12.9. The molecule has 2 N–H and O–H groups in total. The van der Waals surface area contributed by atoms with Gasteiger partial charge in [-0.3, -0.25) is 4.79 Å². The van der Waals surface area contributed by atoms with Crippen molar-refractivity contribution >= 4 is 23.4 Å². The lowest BCUT2D eigenvalue weighted by atomic mass is 10.1. The van der Waals surface area contributed by atoms with E-state index in [0.717, 1.165) is 30.5 Å². The summed E-state index contributed by atoms with van der Waals surface area (Å²) in [5, 5.41) is 5.38. The van der Waals surface area contributed by atoms with E-state index in [2.05, 4.69) is 15.6 Å². The van der Waals surface area contributed by atoms with Crippen LogP contribution in [0.4, 0.5) is 24.7 Å². The van der Waals surface area contributed by atoms with Crippen molar-refractivity contribution in [3.8, 4) is 0 Å². The van der Waals surface area contributed by atoms with Gasteiger partial charge < -0.3 is 15.4 Å². The average Bonchev–Trinajstić information content (AvgIpc) is 2.81. The lowest BCUT2D eigenvalue weighted by molar-refractivity contribution is -0.137. The molecule has 0 saturated heterocycles. The van der Waals surface area contributed by atoms with Crippen LogP contribution in [-0.4, -0.2) is 30.0 Å². The highest BCUT2D eigenvalue weighted by atomic mass is 19.4. The highest BCUT2D eigenvalue weighted by Gasteiger charge is 2.30. The number of carbonyl (C=O) groups is 2. The maximum Gasteiger partial charge on any atom is 0.416 e. The van der Waals surface area contributed by atoms with Gasteiger partial charge in [0.15, 0.2) is 6.61 Å². The number of nitrogens with one attached hydrogen (secondary N) is 2. The number of benzene rings is 2. The van der Waals surface area contributed by atoms with Gasteiger partial charge in [-0.15, -0.1) is 0 Å². The number of esters is 1. The normalized spacial score (nSPS) is 11.0. The lowest BCUT2D eigenvalue weighted by Gasteiger charge is -2.13. The van der Waals surface area contributed by atoms with Gasteiger partial charge in [0.2, 0.25) is 0 Å². The minimum Gasteiger partial charge on any atom is -0.452 e. The Kier molecular flexibility index (Phi) is 8.01. The van der Waals surface area contributed by atoms with Crippen molar-refractivity contribution < 1.29 is 27.5 Å². The molecule has 0 radical (unpaired) electrons. The van der Waals surface area contributed by atoms with E-state index in [-0.39, 0.29) is 17.1 Å². The quantitative estimate of drug-likeness (QED) is 0.358. The van der Waals surface area contributed by atoms with Crippen molar-refractivity contribution in [2.24, 2.45) is 0 Å². The molecule has 1 amide bonds. The smallest absolute Gasteiger partial charge is 0.416 e. The Labute approximate surface area is 188 Å². The van der Waals surface area contributed by atoms with Crippen molar-refractivity contribution in [2.45, 2.75) is 19.0 Å². The van der Waals surface area contributed by atoms with Crippen LogP contribution in [0.5, 0.6) is 0 Å². The van der Waals surface area contributed by atoms with Gasteiger partial charge in [-0.2, -0.15) is 13.2 Å². The van der Waals surface area contributed by atoms with E-state index in [1.54, 1.807) is 0 Å². The first-order valence-electron chi connectivity index (χ1n) is 10.2. The molecule has 33 heavy (non-hydrogen) atoms. The van der Waals surface area contributed by atoms with Gasteiger partial charge in [0.25, 0.3) is 5.91 Å². The molecule has 0 aliphatic rings. The molecule has 0 aliphatic carbocycles. The van der Waals surface area contributed by atoms with Crippen molar-refractivity contribution in [1.82, 2.24) is 10.3 Å². The van der Waals surface area contributed by atoms with E-state index >= 15 is 0 Å². The molecule has 3 aromatic rings. The highest BCUT2D eigenvalue weighted by molar-refractivity contribution is 5.96. The van der Waals surface area contributed by atoms with Gasteiger partial charge in [0.1, 0.15) is 11.4 Å². The molecule has 0 atom stereocenters. The van der Waals surface area contributed by atoms with Gasteiger partial charge in [0, 0.05) is 18.4 Å². The van der Waals surface area contributed by atoms with Crippen LogP contribution in [0.3, 0.4) is 0 Å². The van der Waals surface area contributed by atoms with E-state index in [1.165, 1.54) is 30.5 Å². The number of hydrogen-bond acceptors (Lipinski definition) is 5. The van der Waals surface area contributed by atoms with Crippen LogP contribution in [0.1, 0.15) is 27.9 Å². The number of amides is 1. The Bertz CT molecular complexity index is 1090. The summed E-state index contributed by atoms with van der Waals surface area (Å²) in [6, 6.07) is 17.2. The maximum atomic E-state index is 12.9. The molecule has 0 unspecified atom stereocenters. The molecule has 0 fully saturated rings. The number of alkyl halides is 3. The van der Waals surface area contributed by atoms with E-state index in [4.69, 9.17) is 4.74 Å². The summed E-state index contributed by atoms with van der Waals surface area (Å²) < 4.78 is 43.8. The summed E-state index contributed by atoms with van der Waals surface area (Å²) in [5.74, 6) is -1.25. The zero-order chi connectivity index (χ0) is 23.7. The molecule has 9 heteroatoms. The van der Waals surface area contributed by atoms with Gasteiger partial charge in [0.05, 0.1) is 5.56 Å². The topological polar surface area (TPSA) is 80.3 Å². The summed E-state index contributed by atoms with van der Waals surface area (Å²) in [6.45, 7) is -0.0530.